The van der Waals surface area contributed by atoms with Crippen LogP contribution in [0.2, 0.25) is 0 Å². The van der Waals surface area contributed by atoms with Crippen molar-refractivity contribution in [1.82, 2.24) is 24.6 Å². The number of carbonyl (C=O) groups excluding carboxylic acids is 2. The molecule has 0 unspecified atom stereocenters. The predicted molar refractivity (Wildman–Crippen MR) is 142 cm³/mol. The van der Waals surface area contributed by atoms with Crippen LogP contribution in [0.1, 0.15) is 18.1 Å². The van der Waals surface area contributed by atoms with Gasteiger partial charge in [0.25, 0.3) is 0 Å². The first-order valence-corrected chi connectivity index (χ1v) is 11.8. The summed E-state index contributed by atoms with van der Waals surface area (Å²) in [6.07, 6.45) is 8.32. The Morgan fingerprint density at radius 1 is 1.08 bits per heavy atom. The summed E-state index contributed by atoms with van der Waals surface area (Å²) < 4.78 is 1.67. The normalized spacial score (nSPS) is 13.1. The molecule has 1 aliphatic heterocycles. The van der Waals surface area contributed by atoms with Crippen LogP contribution < -0.4 is 15.5 Å². The van der Waals surface area contributed by atoms with Crippen molar-refractivity contribution in [3.05, 3.63) is 96.5 Å². The van der Waals surface area contributed by atoms with E-state index in [9.17, 15) is 9.59 Å². The van der Waals surface area contributed by atoms with Gasteiger partial charge in [0.1, 0.15) is 0 Å². The molecule has 4 aromatic rings. The Morgan fingerprint density at radius 2 is 1.92 bits per heavy atom. The lowest BCUT2D eigenvalue weighted by atomic mass is 10.1. The Morgan fingerprint density at radius 3 is 2.68 bits per heavy atom. The maximum Gasteiger partial charge on any atom is 0.330 e. The number of rotatable bonds is 7. The highest BCUT2D eigenvalue weighted by atomic mass is 16.2. The van der Waals surface area contributed by atoms with Gasteiger partial charge in [-0.25, -0.2) is 14.7 Å². The van der Waals surface area contributed by atoms with Crippen molar-refractivity contribution in [2.75, 3.05) is 15.5 Å². The first-order chi connectivity index (χ1) is 18.0. The second-order valence-corrected chi connectivity index (χ2v) is 8.57. The molecule has 5 rings (SSSR count). The third-order valence-corrected chi connectivity index (χ3v) is 5.74. The SMILES string of the molecule is C/C=C/C(=O)Nc1cccc(N2C(=O)N(Cc3ccccc3)Cc3cnc(Nc4cnn(C)c4)nc32)c1. The molecule has 2 aromatic carbocycles. The molecule has 0 saturated heterocycles. The maximum absolute atomic E-state index is 13.9. The van der Waals surface area contributed by atoms with Crippen LogP contribution in [0.15, 0.2) is 85.3 Å². The zero-order chi connectivity index (χ0) is 25.8. The van der Waals surface area contributed by atoms with E-state index in [4.69, 9.17) is 4.98 Å². The molecule has 0 radical (unpaired) electrons. The lowest BCUT2D eigenvalue weighted by molar-refractivity contribution is -0.111. The van der Waals surface area contributed by atoms with Gasteiger partial charge in [0.15, 0.2) is 5.82 Å². The summed E-state index contributed by atoms with van der Waals surface area (Å²) in [5, 5.41) is 10.1. The molecule has 3 amide bonds. The molecule has 0 atom stereocenters. The summed E-state index contributed by atoms with van der Waals surface area (Å²) in [6, 6.07) is 16.7. The average Bonchev–Trinajstić information content (AvgIpc) is 3.30. The number of nitrogens with one attached hydrogen (secondary N) is 2. The number of allylic oxidation sites excluding steroid dienone is 1. The van der Waals surface area contributed by atoms with E-state index in [1.807, 2.05) is 49.6 Å². The largest absolute Gasteiger partial charge is 0.330 e. The maximum atomic E-state index is 13.9. The van der Waals surface area contributed by atoms with Gasteiger partial charge in [0.2, 0.25) is 11.9 Å². The van der Waals surface area contributed by atoms with Crippen molar-refractivity contribution in [2.24, 2.45) is 7.05 Å². The highest BCUT2D eigenvalue weighted by molar-refractivity contribution is 6.03. The summed E-state index contributed by atoms with van der Waals surface area (Å²) in [5.74, 6) is 0.576. The molecular formula is C27H26N8O2. The van der Waals surface area contributed by atoms with Gasteiger partial charge in [-0.3, -0.25) is 9.48 Å². The number of aryl methyl sites for hydroxylation is 1. The molecular weight excluding hydrogens is 468 g/mol. The van der Waals surface area contributed by atoms with Gasteiger partial charge < -0.3 is 15.5 Å². The third kappa shape index (κ3) is 5.32. The molecule has 2 N–H and O–H groups in total. The zero-order valence-electron chi connectivity index (χ0n) is 20.5. The molecule has 1 aliphatic rings. The Kier molecular flexibility index (Phi) is 6.62. The number of nitrogens with zero attached hydrogens (tertiary/aromatic N) is 6. The van der Waals surface area contributed by atoms with Crippen LogP contribution in [0.3, 0.4) is 0 Å². The Bertz CT molecular complexity index is 1460. The van der Waals surface area contributed by atoms with Crippen LogP contribution in [-0.2, 0) is 24.9 Å². The molecule has 37 heavy (non-hydrogen) atoms. The van der Waals surface area contributed by atoms with E-state index in [0.717, 1.165) is 16.8 Å². The van der Waals surface area contributed by atoms with Gasteiger partial charge >= 0.3 is 6.03 Å². The van der Waals surface area contributed by atoms with Crippen molar-refractivity contribution in [3.63, 3.8) is 0 Å². The number of hydrogen-bond acceptors (Lipinski definition) is 6. The van der Waals surface area contributed by atoms with Gasteiger partial charge in [-0.15, -0.1) is 0 Å². The molecule has 0 aliphatic carbocycles. The highest BCUT2D eigenvalue weighted by Gasteiger charge is 2.33. The monoisotopic (exact) mass is 494 g/mol. The minimum Gasteiger partial charge on any atom is -0.322 e. The fourth-order valence-electron chi connectivity index (χ4n) is 4.10. The van der Waals surface area contributed by atoms with Crippen molar-refractivity contribution in [3.8, 4) is 0 Å². The topological polar surface area (TPSA) is 108 Å². The second kappa shape index (κ2) is 10.3. The minimum absolute atomic E-state index is 0.223. The molecule has 10 nitrogen and oxygen atoms in total. The van der Waals surface area contributed by atoms with E-state index in [1.54, 1.807) is 58.1 Å². The number of amides is 3. The molecule has 0 spiro atoms. The Hall–Kier alpha value is -4.99. The number of hydrogen-bond donors (Lipinski definition) is 2. The number of urea groups is 1. The summed E-state index contributed by atoms with van der Waals surface area (Å²) >= 11 is 0. The van der Waals surface area contributed by atoms with Crippen molar-refractivity contribution in [1.29, 1.82) is 0 Å². The van der Waals surface area contributed by atoms with E-state index in [0.29, 0.717) is 36.2 Å². The van der Waals surface area contributed by atoms with E-state index < -0.39 is 0 Å². The molecule has 2 aromatic heterocycles. The third-order valence-electron chi connectivity index (χ3n) is 5.74. The smallest absolute Gasteiger partial charge is 0.322 e. The quantitative estimate of drug-likeness (QED) is 0.359. The minimum atomic E-state index is -0.249. The highest BCUT2D eigenvalue weighted by Crippen LogP contribution is 2.35. The summed E-state index contributed by atoms with van der Waals surface area (Å²) in [5.41, 5.74) is 3.69. The standard InChI is InChI=1S/C27H26N8O2/c1-3-8-24(36)30-21-11-7-12-23(13-21)35-25-20(14-28-26(32-25)31-22-15-29-33(2)18-22)17-34(27(35)37)16-19-9-5-4-6-10-19/h3-15,18H,16-17H2,1-2H3,(H,30,36)(H,28,31,32)/b8-3+. The lowest BCUT2D eigenvalue weighted by Gasteiger charge is -2.36. The van der Waals surface area contributed by atoms with E-state index >= 15 is 0 Å². The Balaban J connectivity index is 1.53. The number of aromatic nitrogens is 4. The van der Waals surface area contributed by atoms with Crippen molar-refractivity contribution >= 4 is 40.8 Å². The van der Waals surface area contributed by atoms with E-state index in [-0.39, 0.29) is 11.9 Å². The van der Waals surface area contributed by atoms with Gasteiger partial charge in [-0.05, 0) is 36.8 Å². The van der Waals surface area contributed by atoms with E-state index in [1.165, 1.54) is 6.08 Å². The van der Waals surface area contributed by atoms with Crippen LogP contribution in [0.25, 0.3) is 0 Å². The number of anilines is 5. The summed E-state index contributed by atoms with van der Waals surface area (Å²) in [6.45, 7) is 2.57. The Labute approximate surface area is 214 Å². The van der Waals surface area contributed by atoms with Crippen LogP contribution in [0.5, 0.6) is 0 Å². The first-order valence-electron chi connectivity index (χ1n) is 11.8. The summed E-state index contributed by atoms with van der Waals surface area (Å²) in [4.78, 5) is 38.5. The van der Waals surface area contributed by atoms with Crippen LogP contribution in [0.4, 0.5) is 33.6 Å². The average molecular weight is 495 g/mol. The van der Waals surface area contributed by atoms with Crippen LogP contribution >= 0.6 is 0 Å². The molecule has 0 fully saturated rings. The molecule has 0 saturated carbocycles. The number of carbonyl (C=O) groups is 2. The fourth-order valence-corrected chi connectivity index (χ4v) is 4.10. The first kappa shape index (κ1) is 23.7. The van der Waals surface area contributed by atoms with Gasteiger partial charge in [0.05, 0.1) is 24.1 Å². The number of fused-ring (bicyclic) bond motifs is 1. The number of benzene rings is 2. The zero-order valence-corrected chi connectivity index (χ0v) is 20.5. The molecule has 0 bridgehead atoms. The molecule has 186 valence electrons. The fraction of sp³-hybridized carbons (Fsp3) is 0.148. The molecule has 3 heterocycles. The molecule has 10 heteroatoms. The van der Waals surface area contributed by atoms with Gasteiger partial charge in [-0.2, -0.15) is 10.1 Å². The van der Waals surface area contributed by atoms with Crippen LogP contribution in [0, 0.1) is 0 Å². The lowest BCUT2D eigenvalue weighted by Crippen LogP contribution is -2.45. The predicted octanol–water partition coefficient (Wildman–Crippen LogP) is 4.74. The van der Waals surface area contributed by atoms with Crippen molar-refractivity contribution < 1.29 is 9.59 Å². The van der Waals surface area contributed by atoms with Gasteiger partial charge in [-0.1, -0.05) is 42.5 Å². The second-order valence-electron chi connectivity index (χ2n) is 8.57. The van der Waals surface area contributed by atoms with Crippen molar-refractivity contribution in [2.45, 2.75) is 20.0 Å². The summed E-state index contributed by atoms with van der Waals surface area (Å²) in [7, 11) is 1.82. The van der Waals surface area contributed by atoms with Gasteiger partial charge in [0, 0.05) is 37.2 Å². The van der Waals surface area contributed by atoms with E-state index in [2.05, 4.69) is 20.7 Å². The van der Waals surface area contributed by atoms with Crippen LogP contribution in [-0.4, -0.2) is 36.6 Å².